The third-order valence-corrected chi connectivity index (χ3v) is 5.17. The Bertz CT molecular complexity index is 403. The molecule has 0 saturated carbocycles. The van der Waals surface area contributed by atoms with Crippen LogP contribution in [0, 0.1) is 10.8 Å². The standard InChI is InChI=1S/C12H16O2.C7H14O/c1-2-12(8-13-9-12)10-14-11-6-4-3-5-7-11;1-3-7(4-2)5-8-6-7/h3-7H,2,8-10H2,1H3;3-6H2,1-2H3. The highest BCUT2D eigenvalue weighted by atomic mass is 16.5. The zero-order valence-corrected chi connectivity index (χ0v) is 14.3. The van der Waals surface area contributed by atoms with Gasteiger partial charge in [0.05, 0.1) is 38.4 Å². The number of hydrogen-bond acceptors (Lipinski definition) is 3. The second kappa shape index (κ2) is 7.98. The van der Waals surface area contributed by atoms with Crippen LogP contribution in [0.25, 0.3) is 0 Å². The molecule has 0 bridgehead atoms. The quantitative estimate of drug-likeness (QED) is 0.783. The predicted molar refractivity (Wildman–Crippen MR) is 89.3 cm³/mol. The summed E-state index contributed by atoms with van der Waals surface area (Å²) in [6.07, 6.45) is 3.69. The second-order valence-electron chi connectivity index (χ2n) is 6.65. The van der Waals surface area contributed by atoms with Crippen molar-refractivity contribution < 1.29 is 14.2 Å². The molecule has 124 valence electrons. The van der Waals surface area contributed by atoms with Crippen LogP contribution in [-0.2, 0) is 9.47 Å². The topological polar surface area (TPSA) is 27.7 Å². The fourth-order valence-corrected chi connectivity index (χ4v) is 2.58. The van der Waals surface area contributed by atoms with Gasteiger partial charge in [-0.05, 0) is 31.4 Å². The first-order valence-corrected chi connectivity index (χ1v) is 8.51. The van der Waals surface area contributed by atoms with E-state index in [1.807, 2.05) is 30.3 Å². The summed E-state index contributed by atoms with van der Waals surface area (Å²) >= 11 is 0. The summed E-state index contributed by atoms with van der Waals surface area (Å²) in [5, 5.41) is 0. The summed E-state index contributed by atoms with van der Waals surface area (Å²) in [7, 11) is 0. The number of ether oxygens (including phenoxy) is 3. The summed E-state index contributed by atoms with van der Waals surface area (Å²) in [6.45, 7) is 11.1. The summed E-state index contributed by atoms with van der Waals surface area (Å²) in [6, 6.07) is 9.96. The molecule has 1 aromatic rings. The Hall–Kier alpha value is -1.06. The van der Waals surface area contributed by atoms with Crippen molar-refractivity contribution in [2.75, 3.05) is 33.0 Å². The maximum absolute atomic E-state index is 5.72. The first-order chi connectivity index (χ1) is 10.7. The third kappa shape index (κ3) is 4.23. The first-order valence-electron chi connectivity index (χ1n) is 8.51. The van der Waals surface area contributed by atoms with E-state index in [2.05, 4.69) is 20.8 Å². The Kier molecular flexibility index (Phi) is 6.27. The van der Waals surface area contributed by atoms with E-state index in [0.717, 1.165) is 45.2 Å². The highest BCUT2D eigenvalue weighted by Crippen LogP contribution is 2.34. The van der Waals surface area contributed by atoms with E-state index < -0.39 is 0 Å². The molecule has 0 unspecified atom stereocenters. The maximum atomic E-state index is 5.72. The van der Waals surface area contributed by atoms with Crippen molar-refractivity contribution in [1.82, 2.24) is 0 Å². The molecule has 2 aliphatic rings. The lowest BCUT2D eigenvalue weighted by Gasteiger charge is -2.40. The molecule has 0 aliphatic carbocycles. The molecule has 22 heavy (non-hydrogen) atoms. The van der Waals surface area contributed by atoms with Crippen LogP contribution in [0.3, 0.4) is 0 Å². The van der Waals surface area contributed by atoms with E-state index in [1.54, 1.807) is 0 Å². The molecular weight excluding hydrogens is 276 g/mol. The Labute approximate surface area is 135 Å². The molecule has 3 nitrogen and oxygen atoms in total. The minimum atomic E-state index is 0.274. The highest BCUT2D eigenvalue weighted by molar-refractivity contribution is 5.21. The monoisotopic (exact) mass is 306 g/mol. The van der Waals surface area contributed by atoms with E-state index in [9.17, 15) is 0 Å². The fourth-order valence-electron chi connectivity index (χ4n) is 2.58. The van der Waals surface area contributed by atoms with Crippen molar-refractivity contribution in [1.29, 1.82) is 0 Å². The van der Waals surface area contributed by atoms with Crippen LogP contribution in [0.5, 0.6) is 5.75 Å². The van der Waals surface area contributed by atoms with Gasteiger partial charge in [0.1, 0.15) is 5.75 Å². The average Bonchev–Trinajstić information content (AvgIpc) is 2.49. The molecule has 0 aromatic heterocycles. The molecule has 0 N–H and O–H groups in total. The van der Waals surface area contributed by atoms with Gasteiger partial charge in [-0.2, -0.15) is 0 Å². The smallest absolute Gasteiger partial charge is 0.119 e. The molecule has 2 heterocycles. The number of para-hydroxylation sites is 1. The van der Waals surface area contributed by atoms with Gasteiger partial charge in [0.25, 0.3) is 0 Å². The average molecular weight is 306 g/mol. The van der Waals surface area contributed by atoms with Crippen molar-refractivity contribution in [3.8, 4) is 5.75 Å². The Balaban J connectivity index is 0.000000188. The predicted octanol–water partition coefficient (Wildman–Crippen LogP) is 4.32. The summed E-state index contributed by atoms with van der Waals surface area (Å²) < 4.78 is 16.1. The van der Waals surface area contributed by atoms with Gasteiger partial charge >= 0.3 is 0 Å². The highest BCUT2D eigenvalue weighted by Gasteiger charge is 2.37. The van der Waals surface area contributed by atoms with Crippen molar-refractivity contribution in [2.24, 2.45) is 10.8 Å². The number of hydrogen-bond donors (Lipinski definition) is 0. The molecular formula is C19H30O3. The molecule has 2 fully saturated rings. The molecule has 0 atom stereocenters. The second-order valence-corrected chi connectivity index (χ2v) is 6.65. The van der Waals surface area contributed by atoms with Crippen LogP contribution in [-0.4, -0.2) is 33.0 Å². The minimum absolute atomic E-state index is 0.274. The number of benzene rings is 1. The van der Waals surface area contributed by atoms with Gasteiger partial charge in [0.15, 0.2) is 0 Å². The molecule has 0 amide bonds. The van der Waals surface area contributed by atoms with Crippen LogP contribution in [0.1, 0.15) is 40.0 Å². The van der Waals surface area contributed by atoms with Crippen molar-refractivity contribution in [3.63, 3.8) is 0 Å². The zero-order valence-electron chi connectivity index (χ0n) is 14.3. The molecule has 2 aliphatic heterocycles. The van der Waals surface area contributed by atoms with Gasteiger partial charge in [-0.3, -0.25) is 0 Å². The van der Waals surface area contributed by atoms with E-state index in [0.29, 0.717) is 5.41 Å². The van der Waals surface area contributed by atoms with Gasteiger partial charge in [0, 0.05) is 5.41 Å². The summed E-state index contributed by atoms with van der Waals surface area (Å²) in [5.41, 5.74) is 0.857. The lowest BCUT2D eigenvalue weighted by molar-refractivity contribution is -0.133. The Morgan fingerprint density at radius 1 is 0.818 bits per heavy atom. The zero-order chi connectivity index (χ0) is 15.9. The molecule has 2 saturated heterocycles. The molecule has 1 aromatic carbocycles. The molecule has 3 heteroatoms. The molecule has 0 spiro atoms. The third-order valence-electron chi connectivity index (χ3n) is 5.17. The fraction of sp³-hybridized carbons (Fsp3) is 0.684. The van der Waals surface area contributed by atoms with E-state index in [-0.39, 0.29) is 5.41 Å². The van der Waals surface area contributed by atoms with E-state index >= 15 is 0 Å². The largest absolute Gasteiger partial charge is 0.493 e. The number of rotatable bonds is 6. The van der Waals surface area contributed by atoms with Gasteiger partial charge in [-0.25, -0.2) is 0 Å². The minimum Gasteiger partial charge on any atom is -0.493 e. The van der Waals surface area contributed by atoms with Gasteiger partial charge in [0.2, 0.25) is 0 Å². The first kappa shape index (κ1) is 17.3. The van der Waals surface area contributed by atoms with Crippen LogP contribution < -0.4 is 4.74 Å². The van der Waals surface area contributed by atoms with Crippen molar-refractivity contribution in [2.45, 2.75) is 40.0 Å². The SMILES string of the molecule is CCC1(CC)COC1.CCC1(COc2ccccc2)COC1. The summed E-state index contributed by atoms with van der Waals surface area (Å²) in [5.74, 6) is 0.951. The molecule has 0 radical (unpaired) electrons. The summed E-state index contributed by atoms with van der Waals surface area (Å²) in [4.78, 5) is 0. The lowest BCUT2D eigenvalue weighted by Crippen LogP contribution is -2.46. The lowest BCUT2D eigenvalue weighted by atomic mass is 9.81. The Morgan fingerprint density at radius 2 is 1.32 bits per heavy atom. The molecule has 3 rings (SSSR count). The van der Waals surface area contributed by atoms with Crippen LogP contribution in [0.4, 0.5) is 0 Å². The van der Waals surface area contributed by atoms with E-state index in [1.165, 1.54) is 12.8 Å². The normalized spacial score (nSPS) is 20.9. The van der Waals surface area contributed by atoms with Gasteiger partial charge in [-0.1, -0.05) is 39.0 Å². The van der Waals surface area contributed by atoms with Crippen LogP contribution in [0.2, 0.25) is 0 Å². The Morgan fingerprint density at radius 3 is 1.64 bits per heavy atom. The maximum Gasteiger partial charge on any atom is 0.119 e. The van der Waals surface area contributed by atoms with Crippen LogP contribution in [0.15, 0.2) is 30.3 Å². The van der Waals surface area contributed by atoms with E-state index in [4.69, 9.17) is 14.2 Å². The van der Waals surface area contributed by atoms with Gasteiger partial charge in [-0.15, -0.1) is 0 Å². The van der Waals surface area contributed by atoms with Crippen molar-refractivity contribution in [3.05, 3.63) is 30.3 Å². The van der Waals surface area contributed by atoms with Gasteiger partial charge < -0.3 is 14.2 Å². The van der Waals surface area contributed by atoms with Crippen molar-refractivity contribution >= 4 is 0 Å². The van der Waals surface area contributed by atoms with Crippen LogP contribution >= 0.6 is 0 Å².